The lowest BCUT2D eigenvalue weighted by atomic mass is 10.0. The number of carbonyl (C=O) groups is 1. The number of thiazole rings is 1. The molecule has 0 unspecified atom stereocenters. The molecule has 3 N–H and O–H groups in total. The van der Waals surface area contributed by atoms with Crippen molar-refractivity contribution in [3.05, 3.63) is 58.2 Å². The van der Waals surface area contributed by atoms with E-state index in [2.05, 4.69) is 15.0 Å². The van der Waals surface area contributed by atoms with Gasteiger partial charge in [0.2, 0.25) is 0 Å². The Morgan fingerprint density at radius 2 is 2.03 bits per heavy atom. The maximum absolute atomic E-state index is 12.9. The normalized spacial score (nSPS) is 17.4. The summed E-state index contributed by atoms with van der Waals surface area (Å²) >= 11 is 3.18. The number of anilines is 1. The van der Waals surface area contributed by atoms with Gasteiger partial charge in [-0.1, -0.05) is 30.3 Å². The number of fused-ring (bicyclic) bond motifs is 4. The first-order chi connectivity index (χ1) is 13.9. The highest BCUT2D eigenvalue weighted by Crippen LogP contribution is 2.36. The van der Waals surface area contributed by atoms with Crippen LogP contribution in [-0.4, -0.2) is 30.2 Å². The van der Waals surface area contributed by atoms with Gasteiger partial charge in [-0.2, -0.15) is 11.8 Å². The van der Waals surface area contributed by atoms with Crippen molar-refractivity contribution in [1.82, 2.24) is 9.71 Å². The lowest BCUT2D eigenvalue weighted by molar-refractivity contribution is -0.113. The summed E-state index contributed by atoms with van der Waals surface area (Å²) in [6.07, 6.45) is 0.841. The second-order valence-corrected chi connectivity index (χ2v) is 10.4. The van der Waals surface area contributed by atoms with Crippen molar-refractivity contribution in [2.24, 2.45) is 0 Å². The molecule has 10 heteroatoms. The molecule has 2 aliphatic heterocycles. The summed E-state index contributed by atoms with van der Waals surface area (Å²) in [5.74, 6) is 0.684. The number of carbonyl (C=O) groups excluding carboxylic acids is 1. The van der Waals surface area contributed by atoms with Crippen LogP contribution in [-0.2, 0) is 27.0 Å². The zero-order valence-electron chi connectivity index (χ0n) is 14.9. The van der Waals surface area contributed by atoms with E-state index in [1.807, 2.05) is 11.8 Å². The highest BCUT2D eigenvalue weighted by atomic mass is 32.2. The zero-order valence-corrected chi connectivity index (χ0v) is 17.4. The quantitative estimate of drug-likeness (QED) is 0.559. The average molecular weight is 446 g/mol. The van der Waals surface area contributed by atoms with Gasteiger partial charge in [-0.05, 0) is 23.6 Å². The van der Waals surface area contributed by atoms with Gasteiger partial charge in [0, 0.05) is 21.6 Å². The summed E-state index contributed by atoms with van der Waals surface area (Å²) in [6.45, 7) is 0. The third-order valence-electron chi connectivity index (χ3n) is 4.82. The molecule has 0 spiro atoms. The van der Waals surface area contributed by atoms with E-state index in [4.69, 9.17) is 0 Å². The van der Waals surface area contributed by atoms with E-state index in [1.54, 1.807) is 30.3 Å². The van der Waals surface area contributed by atoms with Crippen LogP contribution in [0.5, 0.6) is 0 Å². The fourth-order valence-electron chi connectivity index (χ4n) is 3.48. The maximum Gasteiger partial charge on any atom is 0.278 e. The highest BCUT2D eigenvalue weighted by Gasteiger charge is 2.34. The third-order valence-corrected chi connectivity index (χ3v) is 8.45. The van der Waals surface area contributed by atoms with E-state index >= 15 is 0 Å². The van der Waals surface area contributed by atoms with Crippen LogP contribution in [0.3, 0.4) is 0 Å². The Morgan fingerprint density at radius 3 is 2.86 bits per heavy atom. The first-order valence-corrected chi connectivity index (χ1v) is 12.3. The number of hydrogen-bond donors (Lipinski definition) is 3. The minimum absolute atomic E-state index is 0.0358. The first-order valence-electron chi connectivity index (χ1n) is 8.80. The molecule has 3 aromatic rings. The van der Waals surface area contributed by atoms with Crippen LogP contribution < -0.4 is 10.0 Å². The smallest absolute Gasteiger partial charge is 0.278 e. The maximum atomic E-state index is 12.9. The van der Waals surface area contributed by atoms with Crippen LogP contribution in [0.2, 0.25) is 0 Å². The molecular weight excluding hydrogens is 430 g/mol. The van der Waals surface area contributed by atoms with Crippen molar-refractivity contribution < 1.29 is 18.3 Å². The molecule has 0 fully saturated rings. The fraction of sp³-hybridized carbons (Fsp3) is 0.158. The van der Waals surface area contributed by atoms with E-state index in [0.717, 1.165) is 33.9 Å². The molecule has 1 aromatic heterocycles. The molecule has 148 valence electrons. The molecule has 29 heavy (non-hydrogen) atoms. The van der Waals surface area contributed by atoms with Crippen molar-refractivity contribution in [1.29, 1.82) is 0 Å². The monoisotopic (exact) mass is 445 g/mol. The van der Waals surface area contributed by atoms with E-state index in [9.17, 15) is 18.3 Å². The van der Waals surface area contributed by atoms with Gasteiger partial charge in [0.25, 0.3) is 15.9 Å². The summed E-state index contributed by atoms with van der Waals surface area (Å²) in [4.78, 5) is 18.3. The van der Waals surface area contributed by atoms with E-state index in [-0.39, 0.29) is 10.5 Å². The van der Waals surface area contributed by atoms with Crippen LogP contribution in [0.1, 0.15) is 16.1 Å². The van der Waals surface area contributed by atoms with Crippen molar-refractivity contribution >= 4 is 60.7 Å². The number of aliphatic hydroxyl groups excluding tert-OH is 1. The molecular formula is C19H15N3O4S3. The molecule has 0 aliphatic carbocycles. The van der Waals surface area contributed by atoms with Crippen molar-refractivity contribution in [2.75, 3.05) is 11.1 Å². The van der Waals surface area contributed by atoms with Crippen LogP contribution >= 0.6 is 23.1 Å². The number of rotatable bonds is 2. The molecule has 7 nitrogen and oxygen atoms in total. The number of aromatic nitrogens is 1. The SMILES string of the molecule is O=C(Nc1nc2c(s1)CSCC2)C1=C(O)c2ccc3ccccc3c2S(=O)(=O)N1. The largest absolute Gasteiger partial charge is 0.505 e. The molecule has 5 rings (SSSR count). The van der Waals surface area contributed by atoms with Crippen LogP contribution in [0.4, 0.5) is 5.13 Å². The standard InChI is InChI=1S/C19H15N3O4S3/c23-16-12-6-5-10-3-1-2-4-11(10)17(12)29(25,26)22-15(16)18(24)21-19-20-13-7-8-27-9-14(13)28-19/h1-6,22-23H,7-9H2,(H,20,21,24). The second kappa shape index (κ2) is 6.75. The fourth-order valence-corrected chi connectivity index (χ4v) is 7.09. The predicted octanol–water partition coefficient (Wildman–Crippen LogP) is 3.24. The van der Waals surface area contributed by atoms with Crippen LogP contribution in [0.25, 0.3) is 16.5 Å². The Kier molecular flexibility index (Phi) is 4.30. The Labute approximate surface area is 174 Å². The number of aryl methyl sites for hydroxylation is 1. The number of aliphatic hydroxyl groups is 1. The number of benzene rings is 2. The van der Waals surface area contributed by atoms with Gasteiger partial charge >= 0.3 is 0 Å². The number of sulfonamides is 1. The topological polar surface area (TPSA) is 108 Å². The Balaban J connectivity index is 1.56. The molecule has 3 heterocycles. The van der Waals surface area contributed by atoms with E-state index in [1.165, 1.54) is 17.4 Å². The predicted molar refractivity (Wildman–Crippen MR) is 114 cm³/mol. The van der Waals surface area contributed by atoms with Crippen molar-refractivity contribution in [2.45, 2.75) is 17.1 Å². The Bertz CT molecular complexity index is 1290. The lowest BCUT2D eigenvalue weighted by Gasteiger charge is -2.22. The number of nitrogens with one attached hydrogen (secondary N) is 2. The van der Waals surface area contributed by atoms with E-state index < -0.39 is 27.4 Å². The summed E-state index contributed by atoms with van der Waals surface area (Å²) in [5.41, 5.74) is 0.654. The average Bonchev–Trinajstić information content (AvgIpc) is 3.12. The number of hydrogen-bond acceptors (Lipinski definition) is 7. The number of amides is 1. The molecule has 2 aromatic carbocycles. The summed E-state index contributed by atoms with van der Waals surface area (Å²) in [5, 5.41) is 14.9. The molecule has 0 saturated carbocycles. The van der Waals surface area contributed by atoms with Gasteiger partial charge in [-0.3, -0.25) is 14.8 Å². The van der Waals surface area contributed by atoms with Gasteiger partial charge in [0.1, 0.15) is 4.90 Å². The zero-order chi connectivity index (χ0) is 20.2. The molecule has 0 atom stereocenters. The molecule has 2 aliphatic rings. The molecule has 0 bridgehead atoms. The Morgan fingerprint density at radius 1 is 1.21 bits per heavy atom. The van der Waals surface area contributed by atoms with Crippen molar-refractivity contribution in [3.63, 3.8) is 0 Å². The van der Waals surface area contributed by atoms with Gasteiger partial charge < -0.3 is 5.11 Å². The van der Waals surface area contributed by atoms with Gasteiger partial charge in [0.15, 0.2) is 16.6 Å². The second-order valence-electron chi connectivity index (χ2n) is 6.64. The van der Waals surface area contributed by atoms with Crippen LogP contribution in [0, 0.1) is 0 Å². The van der Waals surface area contributed by atoms with E-state index in [0.29, 0.717) is 10.5 Å². The van der Waals surface area contributed by atoms with Crippen molar-refractivity contribution in [3.8, 4) is 0 Å². The minimum atomic E-state index is -4.04. The van der Waals surface area contributed by atoms with Gasteiger partial charge in [-0.15, -0.1) is 11.3 Å². The first kappa shape index (κ1) is 18.5. The molecule has 0 radical (unpaired) electrons. The van der Waals surface area contributed by atoms with Crippen LogP contribution in [0.15, 0.2) is 47.0 Å². The number of nitrogens with zero attached hydrogens (tertiary/aromatic N) is 1. The van der Waals surface area contributed by atoms with Gasteiger partial charge in [-0.25, -0.2) is 13.4 Å². The Hall–Kier alpha value is -2.56. The molecule has 0 saturated heterocycles. The van der Waals surface area contributed by atoms with Gasteiger partial charge in [0.05, 0.1) is 5.69 Å². The minimum Gasteiger partial charge on any atom is -0.505 e. The lowest BCUT2D eigenvalue weighted by Crippen LogP contribution is -2.35. The molecule has 1 amide bonds. The number of thioether (sulfide) groups is 1. The summed E-state index contributed by atoms with van der Waals surface area (Å²) < 4.78 is 28.0. The third kappa shape index (κ3) is 3.07. The summed E-state index contributed by atoms with van der Waals surface area (Å²) in [7, 11) is -4.04. The highest BCUT2D eigenvalue weighted by molar-refractivity contribution is 7.98. The summed E-state index contributed by atoms with van der Waals surface area (Å²) in [6, 6.07) is 10.2.